The van der Waals surface area contributed by atoms with Gasteiger partial charge in [0.25, 0.3) is 0 Å². The molecule has 0 spiro atoms. The first kappa shape index (κ1) is 16.6. The molecule has 0 aliphatic carbocycles. The smallest absolute Gasteiger partial charge is 0.339 e. The molecule has 0 saturated heterocycles. The van der Waals surface area contributed by atoms with Gasteiger partial charge in [-0.3, -0.25) is 0 Å². The van der Waals surface area contributed by atoms with Crippen LogP contribution < -0.4 is 15.5 Å². The Hall–Kier alpha value is -2.73. The molecule has 0 aliphatic rings. The number of amides is 2. The topological polar surface area (TPSA) is 83.0 Å². The van der Waals surface area contributed by atoms with Gasteiger partial charge in [-0.05, 0) is 55.0 Å². The lowest BCUT2D eigenvalue weighted by Crippen LogP contribution is -2.24. The summed E-state index contributed by atoms with van der Waals surface area (Å²) in [6.45, 7) is 2.26. The van der Waals surface area contributed by atoms with Gasteiger partial charge < -0.3 is 15.2 Å². The first-order valence-corrected chi connectivity index (χ1v) is 7.27. The molecule has 0 fully saturated rings. The number of hydrazone groups is 1. The van der Waals surface area contributed by atoms with E-state index in [1.807, 2.05) is 6.92 Å². The van der Waals surface area contributed by atoms with Crippen LogP contribution in [0.25, 0.3) is 0 Å². The average Bonchev–Trinajstić information content (AvgIpc) is 2.53. The molecule has 0 unspecified atom stereocenters. The molecular weight excluding hydrogens is 318 g/mol. The van der Waals surface area contributed by atoms with E-state index in [-0.39, 0.29) is 5.75 Å². The maximum absolute atomic E-state index is 11.7. The van der Waals surface area contributed by atoms with Gasteiger partial charge in [0.05, 0.1) is 12.8 Å². The maximum atomic E-state index is 11.7. The van der Waals surface area contributed by atoms with Crippen molar-refractivity contribution >= 4 is 29.5 Å². The highest BCUT2D eigenvalue weighted by molar-refractivity contribution is 6.30. The summed E-state index contributed by atoms with van der Waals surface area (Å²) in [4.78, 5) is 11.7. The number of carbonyl (C=O) groups excluding carboxylic acids is 1. The van der Waals surface area contributed by atoms with Crippen LogP contribution in [0.2, 0.25) is 5.02 Å². The molecule has 0 radical (unpaired) electrons. The van der Waals surface area contributed by atoms with Crippen molar-refractivity contribution in [3.8, 4) is 11.5 Å². The van der Waals surface area contributed by atoms with Crippen LogP contribution in [-0.2, 0) is 0 Å². The second kappa shape index (κ2) is 8.05. The van der Waals surface area contributed by atoms with E-state index >= 15 is 0 Å². The van der Waals surface area contributed by atoms with E-state index in [2.05, 4.69) is 15.8 Å². The summed E-state index contributed by atoms with van der Waals surface area (Å²) in [6, 6.07) is 11.0. The summed E-state index contributed by atoms with van der Waals surface area (Å²) in [6.07, 6.45) is 1.45. The zero-order valence-electron chi connectivity index (χ0n) is 12.4. The predicted molar refractivity (Wildman–Crippen MR) is 90.5 cm³/mol. The third-order valence-corrected chi connectivity index (χ3v) is 3.02. The molecule has 0 bridgehead atoms. The van der Waals surface area contributed by atoms with Gasteiger partial charge in [-0.25, -0.2) is 10.2 Å². The largest absolute Gasteiger partial charge is 0.504 e. The SMILES string of the molecule is CCOc1cc(C=NNC(=O)Nc2ccc(Cl)cc2)ccc1O. The number of benzene rings is 2. The van der Waals surface area contributed by atoms with Crippen LogP contribution in [-0.4, -0.2) is 24.0 Å². The van der Waals surface area contributed by atoms with E-state index in [1.165, 1.54) is 12.3 Å². The molecule has 2 aromatic carbocycles. The number of anilines is 1. The van der Waals surface area contributed by atoms with E-state index in [9.17, 15) is 9.90 Å². The molecule has 2 amide bonds. The van der Waals surface area contributed by atoms with Gasteiger partial charge in [0.15, 0.2) is 11.5 Å². The minimum absolute atomic E-state index is 0.0532. The summed E-state index contributed by atoms with van der Waals surface area (Å²) in [5, 5.41) is 16.6. The third-order valence-electron chi connectivity index (χ3n) is 2.77. The van der Waals surface area contributed by atoms with Crippen LogP contribution in [0, 0.1) is 0 Å². The highest BCUT2D eigenvalue weighted by Gasteiger charge is 2.03. The first-order chi connectivity index (χ1) is 11.1. The number of halogens is 1. The number of hydrogen-bond donors (Lipinski definition) is 3. The zero-order chi connectivity index (χ0) is 16.7. The predicted octanol–water partition coefficient (Wildman–Crippen LogP) is 3.60. The van der Waals surface area contributed by atoms with Crippen molar-refractivity contribution in [2.45, 2.75) is 6.92 Å². The number of carbonyl (C=O) groups is 1. The number of hydrogen-bond acceptors (Lipinski definition) is 4. The Morgan fingerprint density at radius 3 is 2.74 bits per heavy atom. The Morgan fingerprint density at radius 1 is 1.30 bits per heavy atom. The van der Waals surface area contributed by atoms with Crippen molar-refractivity contribution in [1.82, 2.24) is 5.43 Å². The minimum Gasteiger partial charge on any atom is -0.504 e. The van der Waals surface area contributed by atoms with Crippen molar-refractivity contribution < 1.29 is 14.6 Å². The van der Waals surface area contributed by atoms with E-state index in [0.717, 1.165) is 0 Å². The summed E-state index contributed by atoms with van der Waals surface area (Å²) < 4.78 is 5.27. The number of phenols is 1. The fourth-order valence-corrected chi connectivity index (χ4v) is 1.87. The normalized spacial score (nSPS) is 10.5. The van der Waals surface area contributed by atoms with Crippen LogP contribution in [0.15, 0.2) is 47.6 Å². The van der Waals surface area contributed by atoms with Crippen LogP contribution in [0.1, 0.15) is 12.5 Å². The van der Waals surface area contributed by atoms with E-state index < -0.39 is 6.03 Å². The van der Waals surface area contributed by atoms with Crippen LogP contribution in [0.3, 0.4) is 0 Å². The summed E-state index contributed by atoms with van der Waals surface area (Å²) in [7, 11) is 0. The van der Waals surface area contributed by atoms with Gasteiger partial charge in [-0.15, -0.1) is 0 Å². The number of ether oxygens (including phenoxy) is 1. The summed E-state index contributed by atoms with van der Waals surface area (Å²) in [5.41, 5.74) is 3.62. The molecule has 0 saturated carbocycles. The van der Waals surface area contributed by atoms with Gasteiger partial charge in [-0.2, -0.15) is 5.10 Å². The lowest BCUT2D eigenvalue weighted by molar-refractivity contribution is 0.252. The fourth-order valence-electron chi connectivity index (χ4n) is 1.74. The molecule has 6 nitrogen and oxygen atoms in total. The van der Waals surface area contributed by atoms with Gasteiger partial charge in [-0.1, -0.05) is 11.6 Å². The summed E-state index contributed by atoms with van der Waals surface area (Å²) >= 11 is 5.77. The lowest BCUT2D eigenvalue weighted by Gasteiger charge is -2.06. The van der Waals surface area contributed by atoms with Gasteiger partial charge in [0.2, 0.25) is 0 Å². The highest BCUT2D eigenvalue weighted by atomic mass is 35.5. The lowest BCUT2D eigenvalue weighted by atomic mass is 10.2. The highest BCUT2D eigenvalue weighted by Crippen LogP contribution is 2.26. The number of rotatable bonds is 5. The molecule has 0 atom stereocenters. The Kier molecular flexibility index (Phi) is 5.82. The number of nitrogens with zero attached hydrogens (tertiary/aromatic N) is 1. The van der Waals surface area contributed by atoms with Crippen LogP contribution >= 0.6 is 11.6 Å². The third kappa shape index (κ3) is 5.19. The molecule has 0 aliphatic heterocycles. The first-order valence-electron chi connectivity index (χ1n) is 6.90. The Labute approximate surface area is 138 Å². The fraction of sp³-hybridized carbons (Fsp3) is 0.125. The van der Waals surface area contributed by atoms with Gasteiger partial charge in [0.1, 0.15) is 0 Å². The Morgan fingerprint density at radius 2 is 2.04 bits per heavy atom. The quantitative estimate of drug-likeness (QED) is 0.577. The molecule has 7 heteroatoms. The zero-order valence-corrected chi connectivity index (χ0v) is 13.2. The summed E-state index contributed by atoms with van der Waals surface area (Å²) in [5.74, 6) is 0.416. The van der Waals surface area contributed by atoms with E-state index in [4.69, 9.17) is 16.3 Å². The van der Waals surface area contributed by atoms with Gasteiger partial charge in [0, 0.05) is 10.7 Å². The molecule has 3 N–H and O–H groups in total. The average molecular weight is 334 g/mol. The van der Waals surface area contributed by atoms with Crippen molar-refractivity contribution in [1.29, 1.82) is 0 Å². The van der Waals surface area contributed by atoms with Crippen molar-refractivity contribution in [2.75, 3.05) is 11.9 Å². The number of phenolic OH excluding ortho intramolecular Hbond substituents is 1. The molecule has 120 valence electrons. The van der Waals surface area contributed by atoms with Crippen LogP contribution in [0.5, 0.6) is 11.5 Å². The number of aromatic hydroxyl groups is 1. The number of nitrogens with one attached hydrogen (secondary N) is 2. The number of urea groups is 1. The molecule has 0 aromatic heterocycles. The molecule has 2 aromatic rings. The molecule has 2 rings (SSSR count). The molecular formula is C16H16ClN3O3. The monoisotopic (exact) mass is 333 g/mol. The standard InChI is InChI=1S/C16H16ClN3O3/c1-2-23-15-9-11(3-8-14(15)21)10-18-20-16(22)19-13-6-4-12(17)5-7-13/h3-10,21H,2H2,1H3,(H2,19,20,22). The second-order valence-corrected chi connectivity index (χ2v) is 4.93. The van der Waals surface area contributed by atoms with Crippen LogP contribution in [0.4, 0.5) is 10.5 Å². The van der Waals surface area contributed by atoms with E-state index in [1.54, 1.807) is 36.4 Å². The van der Waals surface area contributed by atoms with Gasteiger partial charge >= 0.3 is 6.03 Å². The Balaban J connectivity index is 1.91. The van der Waals surface area contributed by atoms with Crippen molar-refractivity contribution in [3.63, 3.8) is 0 Å². The molecule has 23 heavy (non-hydrogen) atoms. The minimum atomic E-state index is -0.479. The molecule has 0 heterocycles. The Bertz CT molecular complexity index is 702. The maximum Gasteiger partial charge on any atom is 0.339 e. The van der Waals surface area contributed by atoms with Crippen molar-refractivity contribution in [3.05, 3.63) is 53.1 Å². The van der Waals surface area contributed by atoms with E-state index in [0.29, 0.717) is 28.6 Å². The van der Waals surface area contributed by atoms with Crippen molar-refractivity contribution in [2.24, 2.45) is 5.10 Å². The second-order valence-electron chi connectivity index (χ2n) is 4.49.